The summed E-state index contributed by atoms with van der Waals surface area (Å²) in [5, 5.41) is 0. The lowest BCUT2D eigenvalue weighted by Gasteiger charge is -2.29. The summed E-state index contributed by atoms with van der Waals surface area (Å²) in [6.45, 7) is 1.74. The minimum Gasteiger partial charge on any atom is -0.398 e. The van der Waals surface area contributed by atoms with E-state index in [1.54, 1.807) is 0 Å². The average molecular weight is 352 g/mol. The molecular formula is C13H13IN4. The van der Waals surface area contributed by atoms with Crippen LogP contribution in [0.3, 0.4) is 0 Å². The molecule has 0 aliphatic carbocycles. The van der Waals surface area contributed by atoms with Crippen molar-refractivity contribution in [1.82, 2.24) is 9.97 Å². The largest absolute Gasteiger partial charge is 0.398 e. The maximum absolute atomic E-state index is 6.04. The van der Waals surface area contributed by atoms with E-state index in [1.165, 1.54) is 11.1 Å². The van der Waals surface area contributed by atoms with E-state index in [4.69, 9.17) is 5.73 Å². The molecule has 0 fully saturated rings. The summed E-state index contributed by atoms with van der Waals surface area (Å²) in [6.07, 6.45) is 4.68. The molecule has 0 atom stereocenters. The molecule has 0 saturated heterocycles. The van der Waals surface area contributed by atoms with Crippen LogP contribution < -0.4 is 10.6 Å². The Bertz CT molecular complexity index is 568. The van der Waals surface area contributed by atoms with E-state index in [0.29, 0.717) is 0 Å². The van der Waals surface area contributed by atoms with E-state index in [0.717, 1.165) is 34.7 Å². The number of nitrogens with zero attached hydrogens (tertiary/aromatic N) is 3. The van der Waals surface area contributed by atoms with Gasteiger partial charge < -0.3 is 10.6 Å². The molecule has 0 unspecified atom stereocenters. The van der Waals surface area contributed by atoms with Crippen LogP contribution in [0, 0.1) is 3.57 Å². The van der Waals surface area contributed by atoms with Crippen LogP contribution in [0.2, 0.25) is 0 Å². The number of nitrogens with two attached hydrogens (primary N) is 1. The first-order valence-electron chi connectivity index (χ1n) is 5.83. The molecule has 2 heterocycles. The van der Waals surface area contributed by atoms with Crippen molar-refractivity contribution in [2.24, 2.45) is 0 Å². The Kier molecular flexibility index (Phi) is 3.07. The second kappa shape index (κ2) is 4.72. The molecule has 1 aromatic heterocycles. The Balaban J connectivity index is 1.90. The first kappa shape index (κ1) is 11.7. The Labute approximate surface area is 119 Å². The van der Waals surface area contributed by atoms with Crippen LogP contribution in [-0.2, 0) is 13.0 Å². The molecule has 1 aliphatic heterocycles. The number of aromatic nitrogens is 2. The van der Waals surface area contributed by atoms with Crippen molar-refractivity contribution in [2.75, 3.05) is 17.2 Å². The van der Waals surface area contributed by atoms with Gasteiger partial charge in [-0.3, -0.25) is 0 Å². The highest BCUT2D eigenvalue weighted by Crippen LogP contribution is 2.26. The Morgan fingerprint density at radius 3 is 2.78 bits per heavy atom. The van der Waals surface area contributed by atoms with E-state index >= 15 is 0 Å². The van der Waals surface area contributed by atoms with Crippen molar-refractivity contribution in [2.45, 2.75) is 13.0 Å². The zero-order valence-corrected chi connectivity index (χ0v) is 12.0. The third-order valence-corrected chi connectivity index (χ3v) is 3.76. The lowest BCUT2D eigenvalue weighted by atomic mass is 9.98. The molecule has 2 aromatic rings. The van der Waals surface area contributed by atoms with Crippen LogP contribution in [-0.4, -0.2) is 16.5 Å². The Morgan fingerprint density at radius 2 is 2.00 bits per heavy atom. The van der Waals surface area contributed by atoms with Crippen LogP contribution in [0.1, 0.15) is 11.1 Å². The molecule has 92 valence electrons. The number of fused-ring (bicyclic) bond motifs is 1. The van der Waals surface area contributed by atoms with Gasteiger partial charge in [0.05, 0.1) is 0 Å². The van der Waals surface area contributed by atoms with Crippen LogP contribution >= 0.6 is 22.6 Å². The second-order valence-corrected chi connectivity index (χ2v) is 5.60. The predicted molar refractivity (Wildman–Crippen MR) is 80.4 cm³/mol. The first-order valence-corrected chi connectivity index (χ1v) is 6.90. The number of halogens is 1. The summed E-state index contributed by atoms with van der Waals surface area (Å²) in [7, 11) is 0. The fraction of sp³-hybridized carbons (Fsp3) is 0.231. The average Bonchev–Trinajstić information content (AvgIpc) is 2.40. The lowest BCUT2D eigenvalue weighted by Crippen LogP contribution is -2.32. The van der Waals surface area contributed by atoms with Crippen LogP contribution in [0.4, 0.5) is 11.6 Å². The standard InChI is InChI=1S/C13H13IN4/c14-10-6-16-13(17-7-10)18-5-4-9-2-1-3-12(15)11(9)8-18/h1-3,6-7H,4-5,8,15H2. The maximum atomic E-state index is 6.04. The van der Waals surface area contributed by atoms with Gasteiger partial charge in [-0.2, -0.15) is 0 Å². The molecule has 0 bridgehead atoms. The zero-order valence-electron chi connectivity index (χ0n) is 9.81. The van der Waals surface area contributed by atoms with Gasteiger partial charge in [0.2, 0.25) is 5.95 Å². The van der Waals surface area contributed by atoms with Gasteiger partial charge in [-0.05, 0) is 46.2 Å². The predicted octanol–water partition coefficient (Wildman–Crippen LogP) is 2.23. The van der Waals surface area contributed by atoms with Crippen LogP contribution in [0.5, 0.6) is 0 Å². The molecule has 0 saturated carbocycles. The van der Waals surface area contributed by atoms with Gasteiger partial charge in [-0.15, -0.1) is 0 Å². The molecule has 1 aliphatic rings. The summed E-state index contributed by atoms with van der Waals surface area (Å²) in [4.78, 5) is 10.9. The van der Waals surface area contributed by atoms with E-state index in [-0.39, 0.29) is 0 Å². The van der Waals surface area contributed by atoms with E-state index in [1.807, 2.05) is 24.5 Å². The molecule has 0 spiro atoms. The summed E-state index contributed by atoms with van der Waals surface area (Å²) < 4.78 is 1.05. The van der Waals surface area contributed by atoms with Gasteiger partial charge in [0.15, 0.2) is 0 Å². The fourth-order valence-electron chi connectivity index (χ4n) is 2.25. The topological polar surface area (TPSA) is 55.0 Å². The highest BCUT2D eigenvalue weighted by Gasteiger charge is 2.19. The summed E-state index contributed by atoms with van der Waals surface area (Å²) >= 11 is 2.21. The monoisotopic (exact) mass is 352 g/mol. The fourth-order valence-corrected chi connectivity index (χ4v) is 2.52. The minimum atomic E-state index is 0.782. The lowest BCUT2D eigenvalue weighted by molar-refractivity contribution is 0.709. The van der Waals surface area contributed by atoms with Gasteiger partial charge in [-0.1, -0.05) is 12.1 Å². The van der Waals surface area contributed by atoms with Crippen molar-refractivity contribution >= 4 is 34.2 Å². The number of anilines is 2. The minimum absolute atomic E-state index is 0.782. The highest BCUT2D eigenvalue weighted by molar-refractivity contribution is 14.1. The van der Waals surface area contributed by atoms with Crippen LogP contribution in [0.25, 0.3) is 0 Å². The molecular weight excluding hydrogens is 339 g/mol. The third-order valence-electron chi connectivity index (χ3n) is 3.20. The summed E-state index contributed by atoms with van der Waals surface area (Å²) in [5.41, 5.74) is 9.46. The van der Waals surface area contributed by atoms with Gasteiger partial charge >= 0.3 is 0 Å². The number of hydrogen-bond donors (Lipinski definition) is 1. The van der Waals surface area contributed by atoms with E-state index < -0.39 is 0 Å². The normalized spacial score (nSPS) is 14.4. The molecule has 0 amide bonds. The first-order chi connectivity index (χ1) is 8.74. The molecule has 2 N–H and O–H groups in total. The van der Waals surface area contributed by atoms with Crippen molar-refractivity contribution in [3.8, 4) is 0 Å². The molecule has 0 radical (unpaired) electrons. The van der Waals surface area contributed by atoms with Gasteiger partial charge in [0.25, 0.3) is 0 Å². The molecule has 4 nitrogen and oxygen atoms in total. The number of nitrogen functional groups attached to an aromatic ring is 1. The Hall–Kier alpha value is -1.37. The number of hydrogen-bond acceptors (Lipinski definition) is 4. The number of benzene rings is 1. The zero-order chi connectivity index (χ0) is 12.5. The highest BCUT2D eigenvalue weighted by atomic mass is 127. The molecule has 3 rings (SSSR count). The SMILES string of the molecule is Nc1cccc2c1CN(c1ncc(I)cn1)CC2. The van der Waals surface area contributed by atoms with E-state index in [2.05, 4.69) is 43.5 Å². The van der Waals surface area contributed by atoms with Gasteiger partial charge in [0, 0.05) is 34.7 Å². The summed E-state index contributed by atoms with van der Waals surface area (Å²) in [5.74, 6) is 0.782. The van der Waals surface area contributed by atoms with Crippen molar-refractivity contribution in [3.63, 3.8) is 0 Å². The summed E-state index contributed by atoms with van der Waals surface area (Å²) in [6, 6.07) is 6.13. The molecule has 1 aromatic carbocycles. The molecule has 18 heavy (non-hydrogen) atoms. The van der Waals surface area contributed by atoms with Crippen molar-refractivity contribution in [1.29, 1.82) is 0 Å². The Morgan fingerprint density at radius 1 is 1.22 bits per heavy atom. The quantitative estimate of drug-likeness (QED) is 0.632. The van der Waals surface area contributed by atoms with Crippen molar-refractivity contribution in [3.05, 3.63) is 45.3 Å². The smallest absolute Gasteiger partial charge is 0.225 e. The molecule has 5 heteroatoms. The maximum Gasteiger partial charge on any atom is 0.225 e. The third kappa shape index (κ3) is 2.14. The second-order valence-electron chi connectivity index (χ2n) is 4.36. The van der Waals surface area contributed by atoms with Gasteiger partial charge in [0.1, 0.15) is 0 Å². The van der Waals surface area contributed by atoms with Crippen molar-refractivity contribution < 1.29 is 0 Å². The number of rotatable bonds is 1. The van der Waals surface area contributed by atoms with E-state index in [9.17, 15) is 0 Å². The van der Waals surface area contributed by atoms with Crippen LogP contribution in [0.15, 0.2) is 30.6 Å². The van der Waals surface area contributed by atoms with Gasteiger partial charge in [-0.25, -0.2) is 9.97 Å².